The summed E-state index contributed by atoms with van der Waals surface area (Å²) in [6, 6.07) is 20.9. The van der Waals surface area contributed by atoms with Gasteiger partial charge in [-0.15, -0.1) is 0 Å². The Balaban J connectivity index is 1.56. The first-order valence-corrected chi connectivity index (χ1v) is 23.5. The second kappa shape index (κ2) is 22.8. The molecule has 4 atom stereocenters. The molecule has 0 saturated carbocycles. The molecule has 1 aliphatic heterocycles. The number of carbonyl (C=O) groups is 2. The predicted molar refractivity (Wildman–Crippen MR) is 224 cm³/mol. The van der Waals surface area contributed by atoms with Gasteiger partial charge >= 0.3 is 11.9 Å². The highest BCUT2D eigenvalue weighted by Gasteiger charge is 2.46. The Kier molecular flexibility index (Phi) is 18.2. The number of hydrogen-bond acceptors (Lipinski definition) is 12. The van der Waals surface area contributed by atoms with Crippen LogP contribution in [0.3, 0.4) is 0 Å². The van der Waals surface area contributed by atoms with Crippen LogP contribution in [0.5, 0.6) is 17.2 Å². The number of rotatable bonds is 24. The summed E-state index contributed by atoms with van der Waals surface area (Å²) in [6.07, 6.45) is 4.30. The zero-order valence-corrected chi connectivity index (χ0v) is 36.6. The second-order valence-corrected chi connectivity index (χ2v) is 21.5. The molecule has 3 aromatic carbocycles. The molecular formula is C45H62O12Si. The fraction of sp³-hybridized carbons (Fsp3) is 0.511. The topological polar surface area (TPSA) is 126 Å². The molecule has 0 aliphatic carbocycles. The molecule has 0 N–H and O–H groups in total. The minimum atomic E-state index is -1.47. The van der Waals surface area contributed by atoms with Gasteiger partial charge in [0.2, 0.25) is 0 Å². The normalized spacial score (nSPS) is 17.5. The van der Waals surface area contributed by atoms with Crippen molar-refractivity contribution in [1.82, 2.24) is 0 Å². The molecule has 0 spiro atoms. The summed E-state index contributed by atoms with van der Waals surface area (Å²) in [5.41, 5.74) is 2.26. The third-order valence-electron chi connectivity index (χ3n) is 9.39. The average Bonchev–Trinajstić information content (AvgIpc) is 3.51. The number of benzene rings is 3. The van der Waals surface area contributed by atoms with Gasteiger partial charge in [-0.2, -0.15) is 0 Å². The van der Waals surface area contributed by atoms with E-state index in [1.807, 2.05) is 63.3 Å². The van der Waals surface area contributed by atoms with Gasteiger partial charge in [-0.1, -0.05) is 62.1 Å². The van der Waals surface area contributed by atoms with E-state index in [4.69, 9.17) is 47.4 Å². The van der Waals surface area contributed by atoms with Gasteiger partial charge in [-0.25, -0.2) is 9.59 Å². The highest BCUT2D eigenvalue weighted by atomic mass is 28.3. The van der Waals surface area contributed by atoms with Crippen LogP contribution in [-0.2, 0) is 39.8 Å². The first kappa shape index (κ1) is 46.4. The van der Waals surface area contributed by atoms with Crippen LogP contribution in [0.1, 0.15) is 78.3 Å². The smallest absolute Gasteiger partial charge is 0.342 e. The van der Waals surface area contributed by atoms with Crippen molar-refractivity contribution >= 4 is 26.1 Å². The third kappa shape index (κ3) is 15.2. The zero-order chi connectivity index (χ0) is 42.1. The molecule has 0 amide bonds. The lowest BCUT2D eigenvalue weighted by Crippen LogP contribution is -2.39. The quantitative estimate of drug-likeness (QED) is 0.0486. The van der Waals surface area contributed by atoms with Gasteiger partial charge in [0.25, 0.3) is 0 Å². The van der Waals surface area contributed by atoms with Crippen molar-refractivity contribution in [2.24, 2.45) is 0 Å². The number of methoxy groups -OCH3 is 3. The Bertz CT molecular complexity index is 1740. The monoisotopic (exact) mass is 822 g/mol. The summed E-state index contributed by atoms with van der Waals surface area (Å²) in [6.45, 7) is 13.1. The van der Waals surface area contributed by atoms with Crippen molar-refractivity contribution < 1.29 is 57.0 Å². The highest BCUT2D eigenvalue weighted by molar-refractivity contribution is 6.76. The van der Waals surface area contributed by atoms with Crippen LogP contribution in [0.2, 0.25) is 25.7 Å². The molecule has 3 aromatic rings. The maximum atomic E-state index is 13.7. The summed E-state index contributed by atoms with van der Waals surface area (Å²) in [5, 5.41) is 0. The molecule has 1 saturated heterocycles. The Hall–Kier alpha value is -4.24. The maximum absolute atomic E-state index is 13.7. The molecule has 0 radical (unpaired) electrons. The van der Waals surface area contributed by atoms with Crippen molar-refractivity contribution in [3.8, 4) is 17.2 Å². The fourth-order valence-electron chi connectivity index (χ4n) is 6.34. The summed E-state index contributed by atoms with van der Waals surface area (Å²) in [4.78, 5) is 27.2. The Morgan fingerprint density at radius 2 is 1.57 bits per heavy atom. The maximum Gasteiger partial charge on any atom is 0.342 e. The van der Waals surface area contributed by atoms with Crippen LogP contribution >= 0.6 is 0 Å². The van der Waals surface area contributed by atoms with E-state index in [9.17, 15) is 9.59 Å². The van der Waals surface area contributed by atoms with Crippen molar-refractivity contribution in [2.75, 3.05) is 41.5 Å². The van der Waals surface area contributed by atoms with Gasteiger partial charge in [-0.3, -0.25) is 0 Å². The minimum Gasteiger partial charge on any atom is -0.497 e. The largest absolute Gasteiger partial charge is 0.497 e. The molecule has 318 valence electrons. The summed E-state index contributed by atoms with van der Waals surface area (Å²) in [7, 11) is 3.20. The lowest BCUT2D eigenvalue weighted by atomic mass is 9.98. The summed E-state index contributed by atoms with van der Waals surface area (Å²) >= 11 is 0. The van der Waals surface area contributed by atoms with Gasteiger partial charge in [0.15, 0.2) is 19.4 Å². The molecule has 4 rings (SSSR count). The molecule has 1 fully saturated rings. The van der Waals surface area contributed by atoms with E-state index < -0.39 is 44.1 Å². The number of ether oxygens (including phenoxy) is 10. The standard InChI is InChI=1S/C45H62O12Si/c1-32(52-29-33-21-23-36(50-6)24-22-33)15-13-19-38(55-43(46)34-16-11-10-12-17-34)42-39(56-45(2,3)57-42)20-14-18-35-27-37(53-30-48-4)28-40(54-31-49-5)41(35)44(47)51-25-26-58(7,8)9/h10-12,14,16-18,21-24,27-28,32,38-39,42H,13,15,19-20,25-26,29-31H2,1-9H3/t32-,38?,39?,42?/m0/s1. The molecule has 1 heterocycles. The van der Waals surface area contributed by atoms with E-state index in [0.29, 0.717) is 49.4 Å². The first-order chi connectivity index (χ1) is 27.7. The SMILES string of the molecule is COCOc1cc(C=CCC2OC(C)(C)OC2C(CCC[C@H](C)OCc2ccc(OC)cc2)OC(=O)c2ccccc2)c(C(=O)OCC[Si](C)(C)C)c(OCOC)c1. The van der Waals surface area contributed by atoms with Gasteiger partial charge in [0, 0.05) is 28.4 Å². The zero-order valence-electron chi connectivity index (χ0n) is 35.6. The fourth-order valence-corrected chi connectivity index (χ4v) is 7.05. The predicted octanol–water partition coefficient (Wildman–Crippen LogP) is 9.08. The molecule has 3 unspecified atom stereocenters. The van der Waals surface area contributed by atoms with Crippen molar-refractivity contribution in [1.29, 1.82) is 0 Å². The Morgan fingerprint density at radius 1 is 0.862 bits per heavy atom. The molecule has 0 bridgehead atoms. The van der Waals surface area contributed by atoms with Crippen molar-refractivity contribution in [2.45, 2.75) is 109 Å². The van der Waals surface area contributed by atoms with Gasteiger partial charge in [0.05, 0.1) is 38.1 Å². The van der Waals surface area contributed by atoms with Crippen LogP contribution in [0, 0.1) is 0 Å². The van der Waals surface area contributed by atoms with E-state index in [1.165, 1.54) is 14.2 Å². The molecule has 1 aliphatic rings. The van der Waals surface area contributed by atoms with Crippen LogP contribution < -0.4 is 14.2 Å². The summed E-state index contributed by atoms with van der Waals surface area (Å²) in [5.74, 6) is -0.425. The number of esters is 2. The third-order valence-corrected chi connectivity index (χ3v) is 11.1. The van der Waals surface area contributed by atoms with Crippen LogP contribution in [-0.4, -0.2) is 91.7 Å². The van der Waals surface area contributed by atoms with Gasteiger partial charge < -0.3 is 47.4 Å². The lowest BCUT2D eigenvalue weighted by Gasteiger charge is -2.27. The van der Waals surface area contributed by atoms with Gasteiger partial charge in [-0.05, 0) is 94.0 Å². The van der Waals surface area contributed by atoms with Crippen LogP contribution in [0.25, 0.3) is 6.08 Å². The lowest BCUT2D eigenvalue weighted by molar-refractivity contribution is -0.156. The van der Waals surface area contributed by atoms with E-state index in [0.717, 1.165) is 23.8 Å². The van der Waals surface area contributed by atoms with Crippen LogP contribution in [0.15, 0.2) is 72.8 Å². The summed E-state index contributed by atoms with van der Waals surface area (Å²) < 4.78 is 58.3. The van der Waals surface area contributed by atoms with Crippen molar-refractivity contribution in [3.63, 3.8) is 0 Å². The van der Waals surface area contributed by atoms with Crippen LogP contribution in [0.4, 0.5) is 0 Å². The highest BCUT2D eigenvalue weighted by Crippen LogP contribution is 2.36. The Morgan fingerprint density at radius 3 is 2.24 bits per heavy atom. The first-order valence-electron chi connectivity index (χ1n) is 19.8. The molecule has 0 aromatic heterocycles. The Labute approximate surface area is 345 Å². The second-order valence-electron chi connectivity index (χ2n) is 15.9. The van der Waals surface area contributed by atoms with E-state index in [-0.39, 0.29) is 31.0 Å². The molecule has 13 heteroatoms. The molecular weight excluding hydrogens is 761 g/mol. The molecule has 58 heavy (non-hydrogen) atoms. The minimum absolute atomic E-state index is 0.00639. The van der Waals surface area contributed by atoms with Gasteiger partial charge in [0.1, 0.15) is 35.0 Å². The average molecular weight is 823 g/mol. The van der Waals surface area contributed by atoms with E-state index in [2.05, 4.69) is 19.6 Å². The number of carbonyl (C=O) groups excluding carboxylic acids is 2. The van der Waals surface area contributed by atoms with E-state index in [1.54, 1.807) is 43.5 Å². The molecule has 12 nitrogen and oxygen atoms in total. The number of hydrogen-bond donors (Lipinski definition) is 0. The van der Waals surface area contributed by atoms with Crippen molar-refractivity contribution in [3.05, 3.63) is 95.1 Å². The van der Waals surface area contributed by atoms with E-state index >= 15 is 0 Å².